The first kappa shape index (κ1) is 25.2. The lowest BCUT2D eigenvalue weighted by Gasteiger charge is -2.34. The van der Waals surface area contributed by atoms with E-state index < -0.39 is 50.6 Å². The number of morpholine rings is 1. The molecule has 1 amide bonds. The van der Waals surface area contributed by atoms with Crippen LogP contribution in [0.25, 0.3) is 0 Å². The summed E-state index contributed by atoms with van der Waals surface area (Å²) in [4.78, 5) is 34.2. The molecule has 0 radical (unpaired) electrons. The first-order valence-corrected chi connectivity index (χ1v) is 11.6. The molecule has 1 N–H and O–H groups in total. The monoisotopic (exact) mass is 495 g/mol. The second-order valence-corrected chi connectivity index (χ2v) is 9.59. The fourth-order valence-electron chi connectivity index (χ4n) is 3.36. The Bertz CT molecular complexity index is 1190. The lowest BCUT2D eigenvalue weighted by atomic mass is 10.2. The van der Waals surface area contributed by atoms with Crippen molar-refractivity contribution in [2.24, 2.45) is 0 Å². The molecule has 3 rings (SSSR count). The highest BCUT2D eigenvalue weighted by Crippen LogP contribution is 2.23. The zero-order valence-electron chi connectivity index (χ0n) is 18.3. The number of hydrogen-bond acceptors (Lipinski definition) is 8. The molecule has 2 unspecified atom stereocenters. The van der Waals surface area contributed by atoms with Gasteiger partial charge in [0.2, 0.25) is 10.0 Å². The number of halogens is 1. The van der Waals surface area contributed by atoms with E-state index in [9.17, 15) is 32.5 Å². The first-order chi connectivity index (χ1) is 16.0. The molecule has 1 aliphatic rings. The van der Waals surface area contributed by atoms with Crippen LogP contribution in [0.3, 0.4) is 0 Å². The zero-order chi connectivity index (χ0) is 25.0. The molecule has 0 spiro atoms. The van der Waals surface area contributed by atoms with Crippen LogP contribution in [0.1, 0.15) is 24.2 Å². The number of rotatable bonds is 7. The van der Waals surface area contributed by atoms with Crippen LogP contribution in [0.5, 0.6) is 0 Å². The molecule has 1 aliphatic heterocycles. The normalized spacial score (nSPS) is 18.8. The molecule has 13 heteroatoms. The van der Waals surface area contributed by atoms with Crippen LogP contribution in [0.4, 0.5) is 15.8 Å². The molecule has 182 valence electrons. The number of nitro groups is 1. The van der Waals surface area contributed by atoms with Crippen LogP contribution < -0.4 is 5.32 Å². The summed E-state index contributed by atoms with van der Waals surface area (Å²) in [6, 6.07) is 7.62. The van der Waals surface area contributed by atoms with Crippen molar-refractivity contribution in [1.29, 1.82) is 0 Å². The van der Waals surface area contributed by atoms with Crippen molar-refractivity contribution < 1.29 is 36.8 Å². The van der Waals surface area contributed by atoms with E-state index in [-0.39, 0.29) is 35.8 Å². The van der Waals surface area contributed by atoms with Gasteiger partial charge in [0.1, 0.15) is 5.82 Å². The van der Waals surface area contributed by atoms with Gasteiger partial charge in [-0.2, -0.15) is 4.31 Å². The van der Waals surface area contributed by atoms with Crippen molar-refractivity contribution >= 4 is 33.3 Å². The van der Waals surface area contributed by atoms with Crippen LogP contribution in [-0.4, -0.2) is 61.4 Å². The minimum Gasteiger partial charge on any atom is -0.452 e. The molecule has 2 atom stereocenters. The van der Waals surface area contributed by atoms with E-state index in [0.29, 0.717) is 0 Å². The van der Waals surface area contributed by atoms with Gasteiger partial charge in [-0.15, -0.1) is 0 Å². The van der Waals surface area contributed by atoms with Gasteiger partial charge in [-0.05, 0) is 44.2 Å². The molecule has 1 fully saturated rings. The third kappa shape index (κ3) is 5.92. The molecular formula is C21H22FN3O8S. The molecule has 0 bridgehead atoms. The average Bonchev–Trinajstić information content (AvgIpc) is 2.78. The lowest BCUT2D eigenvalue weighted by Crippen LogP contribution is -2.48. The van der Waals surface area contributed by atoms with E-state index >= 15 is 0 Å². The standard InChI is InChI=1S/C21H22FN3O8S/c1-13-10-24(11-14(2)33-13)34(30,31)17-6-3-15(4-7-17)21(27)32-12-20(26)23-19-9-16(25(28)29)5-8-18(19)22/h3-9,13-14H,10-12H2,1-2H3,(H,23,26). The number of nitro benzene ring substituents is 1. The number of non-ortho nitro benzene ring substituents is 1. The van der Waals surface area contributed by atoms with Crippen molar-refractivity contribution in [2.45, 2.75) is 31.0 Å². The number of hydrogen-bond donors (Lipinski definition) is 1. The number of ether oxygens (including phenoxy) is 2. The number of sulfonamides is 1. The highest BCUT2D eigenvalue weighted by molar-refractivity contribution is 7.89. The van der Waals surface area contributed by atoms with Gasteiger partial charge >= 0.3 is 5.97 Å². The maximum Gasteiger partial charge on any atom is 0.338 e. The first-order valence-electron chi connectivity index (χ1n) is 10.1. The van der Waals surface area contributed by atoms with Crippen molar-refractivity contribution in [3.8, 4) is 0 Å². The topological polar surface area (TPSA) is 145 Å². The van der Waals surface area contributed by atoms with Gasteiger partial charge in [0.15, 0.2) is 6.61 Å². The molecule has 1 heterocycles. The summed E-state index contributed by atoms with van der Waals surface area (Å²) in [5, 5.41) is 12.9. The molecule has 0 aromatic heterocycles. The number of carbonyl (C=O) groups is 2. The molecule has 1 saturated heterocycles. The Kier molecular flexibility index (Phi) is 7.59. The number of nitrogens with zero attached hydrogens (tertiary/aromatic N) is 2. The summed E-state index contributed by atoms with van der Waals surface area (Å²) in [7, 11) is -3.79. The Balaban J connectivity index is 1.60. The molecular weight excluding hydrogens is 473 g/mol. The Labute approximate surface area is 194 Å². The summed E-state index contributed by atoms with van der Waals surface area (Å²) < 4.78 is 51.2. The number of anilines is 1. The van der Waals surface area contributed by atoms with Crippen molar-refractivity contribution in [3.05, 3.63) is 64.0 Å². The van der Waals surface area contributed by atoms with Gasteiger partial charge in [0, 0.05) is 25.2 Å². The van der Waals surface area contributed by atoms with E-state index in [1.807, 2.05) is 0 Å². The van der Waals surface area contributed by atoms with Gasteiger partial charge in [0.05, 0.1) is 33.3 Å². The molecule has 11 nitrogen and oxygen atoms in total. The minimum atomic E-state index is -3.79. The van der Waals surface area contributed by atoms with Gasteiger partial charge in [-0.3, -0.25) is 14.9 Å². The molecule has 34 heavy (non-hydrogen) atoms. The highest BCUT2D eigenvalue weighted by atomic mass is 32.2. The maximum absolute atomic E-state index is 13.8. The third-order valence-electron chi connectivity index (χ3n) is 4.88. The third-order valence-corrected chi connectivity index (χ3v) is 6.73. The van der Waals surface area contributed by atoms with Crippen LogP contribution in [0.15, 0.2) is 47.4 Å². The van der Waals surface area contributed by atoms with Crippen LogP contribution in [0.2, 0.25) is 0 Å². The van der Waals surface area contributed by atoms with Crippen molar-refractivity contribution in [3.63, 3.8) is 0 Å². The average molecular weight is 495 g/mol. The fourth-order valence-corrected chi connectivity index (χ4v) is 4.95. The smallest absolute Gasteiger partial charge is 0.338 e. The van der Waals surface area contributed by atoms with E-state index in [1.54, 1.807) is 13.8 Å². The summed E-state index contributed by atoms with van der Waals surface area (Å²) in [5.74, 6) is -2.72. The van der Waals surface area contributed by atoms with E-state index in [4.69, 9.17) is 9.47 Å². The van der Waals surface area contributed by atoms with Gasteiger partial charge in [-0.25, -0.2) is 17.6 Å². The van der Waals surface area contributed by atoms with Gasteiger partial charge in [0.25, 0.3) is 11.6 Å². The van der Waals surface area contributed by atoms with Gasteiger partial charge < -0.3 is 14.8 Å². The van der Waals surface area contributed by atoms with Crippen LogP contribution in [-0.2, 0) is 24.3 Å². The lowest BCUT2D eigenvalue weighted by molar-refractivity contribution is -0.384. The number of amides is 1. The van der Waals surface area contributed by atoms with E-state index in [0.717, 1.165) is 18.2 Å². The second-order valence-electron chi connectivity index (χ2n) is 7.65. The van der Waals surface area contributed by atoms with Crippen molar-refractivity contribution in [2.75, 3.05) is 25.0 Å². The Morgan fingerprint density at radius 2 is 1.79 bits per heavy atom. The quantitative estimate of drug-likeness (QED) is 0.350. The molecule has 2 aromatic rings. The zero-order valence-corrected chi connectivity index (χ0v) is 19.1. The number of esters is 1. The minimum absolute atomic E-state index is 0.00278. The SMILES string of the molecule is CC1CN(S(=O)(=O)c2ccc(C(=O)OCC(=O)Nc3cc([N+](=O)[O-])ccc3F)cc2)CC(C)O1. The van der Waals surface area contributed by atoms with Crippen LogP contribution in [0, 0.1) is 15.9 Å². The van der Waals surface area contributed by atoms with Gasteiger partial charge in [-0.1, -0.05) is 0 Å². The summed E-state index contributed by atoms with van der Waals surface area (Å²) in [6.07, 6.45) is -0.510. The van der Waals surface area contributed by atoms with Crippen molar-refractivity contribution in [1.82, 2.24) is 4.31 Å². The van der Waals surface area contributed by atoms with E-state index in [1.165, 1.54) is 28.6 Å². The van der Waals surface area contributed by atoms with E-state index in [2.05, 4.69) is 5.32 Å². The largest absolute Gasteiger partial charge is 0.452 e. The Morgan fingerprint density at radius 1 is 1.18 bits per heavy atom. The number of nitrogens with one attached hydrogen (secondary N) is 1. The molecule has 2 aromatic carbocycles. The molecule has 0 saturated carbocycles. The second kappa shape index (κ2) is 10.2. The Morgan fingerprint density at radius 3 is 2.38 bits per heavy atom. The Hall–Kier alpha value is -3.42. The summed E-state index contributed by atoms with van der Waals surface area (Å²) in [5.41, 5.74) is -0.863. The highest BCUT2D eigenvalue weighted by Gasteiger charge is 2.32. The number of carbonyl (C=O) groups excluding carboxylic acids is 2. The predicted octanol–water partition coefficient (Wildman–Crippen LogP) is 2.33. The van der Waals surface area contributed by atoms with Crippen LogP contribution >= 0.6 is 0 Å². The fraction of sp³-hybridized carbons (Fsp3) is 0.333. The molecule has 0 aliphatic carbocycles. The summed E-state index contributed by atoms with van der Waals surface area (Å²) in [6.45, 7) is 3.18. The summed E-state index contributed by atoms with van der Waals surface area (Å²) >= 11 is 0. The maximum atomic E-state index is 13.8. The predicted molar refractivity (Wildman–Crippen MR) is 117 cm³/mol. The number of benzene rings is 2.